The highest BCUT2D eigenvalue weighted by Gasteiger charge is 2.33. The summed E-state index contributed by atoms with van der Waals surface area (Å²) in [7, 11) is 0. The zero-order valence-electron chi connectivity index (χ0n) is 9.39. The highest BCUT2D eigenvalue weighted by molar-refractivity contribution is 5.73. The molecule has 98 valence electrons. The lowest BCUT2D eigenvalue weighted by molar-refractivity contribution is -0.384. The Balaban J connectivity index is 2.61. The van der Waals surface area contributed by atoms with E-state index in [-0.39, 0.29) is 5.56 Å². The van der Waals surface area contributed by atoms with Crippen LogP contribution >= 0.6 is 0 Å². The van der Waals surface area contributed by atoms with Gasteiger partial charge in [-0.3, -0.25) is 15.1 Å². The second-order valence-electron chi connectivity index (χ2n) is 3.73. The van der Waals surface area contributed by atoms with Crippen LogP contribution in [0.15, 0.2) is 42.7 Å². The average molecular weight is 268 g/mol. The SMILES string of the molecule is O=[N+]([O-])c1cc(C(F)(F)F)ccc1-c1cccnc1. The fourth-order valence-electron chi connectivity index (χ4n) is 1.63. The van der Waals surface area contributed by atoms with E-state index in [1.54, 1.807) is 12.1 Å². The maximum Gasteiger partial charge on any atom is 0.416 e. The predicted octanol–water partition coefficient (Wildman–Crippen LogP) is 3.68. The van der Waals surface area contributed by atoms with Gasteiger partial charge in [-0.05, 0) is 18.2 Å². The first-order valence-corrected chi connectivity index (χ1v) is 5.15. The maximum atomic E-state index is 12.5. The molecule has 0 fully saturated rings. The maximum absolute atomic E-state index is 12.5. The summed E-state index contributed by atoms with van der Waals surface area (Å²) in [6, 6.07) is 5.52. The van der Waals surface area contributed by atoms with Gasteiger partial charge in [-0.25, -0.2) is 0 Å². The van der Waals surface area contributed by atoms with Crippen LogP contribution in [-0.4, -0.2) is 9.91 Å². The van der Waals surface area contributed by atoms with Crippen molar-refractivity contribution in [3.8, 4) is 11.1 Å². The fourth-order valence-corrected chi connectivity index (χ4v) is 1.63. The number of nitrogens with zero attached hydrogens (tertiary/aromatic N) is 2. The van der Waals surface area contributed by atoms with Gasteiger partial charge in [-0.1, -0.05) is 6.07 Å². The molecule has 0 spiro atoms. The lowest BCUT2D eigenvalue weighted by Crippen LogP contribution is -2.06. The number of pyridine rings is 1. The third-order valence-electron chi connectivity index (χ3n) is 2.49. The Hall–Kier alpha value is -2.44. The van der Waals surface area contributed by atoms with Gasteiger partial charge in [0, 0.05) is 24.0 Å². The van der Waals surface area contributed by atoms with Gasteiger partial charge in [0.1, 0.15) is 0 Å². The number of benzene rings is 1. The number of nitro groups is 1. The standard InChI is InChI=1S/C12H7F3N2O2/c13-12(14,15)9-3-4-10(11(6-9)17(18)19)8-2-1-5-16-7-8/h1-7H. The molecule has 2 aromatic rings. The molecule has 19 heavy (non-hydrogen) atoms. The van der Waals surface area contributed by atoms with E-state index in [0.717, 1.165) is 12.1 Å². The first kappa shape index (κ1) is 13.0. The first-order chi connectivity index (χ1) is 8.89. The summed E-state index contributed by atoms with van der Waals surface area (Å²) in [6.07, 6.45) is -1.78. The van der Waals surface area contributed by atoms with E-state index in [1.165, 1.54) is 12.4 Å². The van der Waals surface area contributed by atoms with Gasteiger partial charge in [0.2, 0.25) is 0 Å². The summed E-state index contributed by atoms with van der Waals surface area (Å²) in [5, 5.41) is 10.9. The van der Waals surface area contributed by atoms with Crippen molar-refractivity contribution in [2.45, 2.75) is 6.18 Å². The Bertz CT molecular complexity index is 612. The molecule has 4 nitrogen and oxygen atoms in total. The number of rotatable bonds is 2. The van der Waals surface area contributed by atoms with E-state index in [1.807, 2.05) is 0 Å². The van der Waals surface area contributed by atoms with Crippen LogP contribution in [0.1, 0.15) is 5.56 Å². The van der Waals surface area contributed by atoms with Crippen molar-refractivity contribution >= 4 is 5.69 Å². The quantitative estimate of drug-likeness (QED) is 0.616. The van der Waals surface area contributed by atoms with Crippen molar-refractivity contribution in [3.63, 3.8) is 0 Å². The molecular weight excluding hydrogens is 261 g/mol. The molecule has 0 N–H and O–H groups in total. The summed E-state index contributed by atoms with van der Waals surface area (Å²) in [5.41, 5.74) is -1.15. The molecule has 2 rings (SSSR count). The molecule has 0 aliphatic heterocycles. The largest absolute Gasteiger partial charge is 0.416 e. The first-order valence-electron chi connectivity index (χ1n) is 5.15. The zero-order chi connectivity index (χ0) is 14.0. The Labute approximate surface area is 105 Å². The van der Waals surface area contributed by atoms with Crippen molar-refractivity contribution in [1.29, 1.82) is 0 Å². The monoisotopic (exact) mass is 268 g/mol. The van der Waals surface area contributed by atoms with Crippen molar-refractivity contribution in [3.05, 3.63) is 58.4 Å². The van der Waals surface area contributed by atoms with Gasteiger partial charge in [-0.2, -0.15) is 13.2 Å². The van der Waals surface area contributed by atoms with Crippen LogP contribution in [0.3, 0.4) is 0 Å². The average Bonchev–Trinajstić information content (AvgIpc) is 2.38. The molecule has 0 saturated heterocycles. The van der Waals surface area contributed by atoms with Gasteiger partial charge in [-0.15, -0.1) is 0 Å². The summed E-state index contributed by atoms with van der Waals surface area (Å²) >= 11 is 0. The summed E-state index contributed by atoms with van der Waals surface area (Å²) in [4.78, 5) is 13.8. The number of alkyl halides is 3. The van der Waals surface area contributed by atoms with E-state index >= 15 is 0 Å². The van der Waals surface area contributed by atoms with Crippen LogP contribution in [0.2, 0.25) is 0 Å². The Kier molecular flexibility index (Phi) is 3.20. The van der Waals surface area contributed by atoms with Crippen LogP contribution in [0, 0.1) is 10.1 Å². The number of hydrogen-bond donors (Lipinski definition) is 0. The van der Waals surface area contributed by atoms with E-state index in [9.17, 15) is 23.3 Å². The molecule has 1 heterocycles. The molecule has 0 amide bonds. The number of halogens is 3. The molecule has 0 saturated carbocycles. The number of hydrogen-bond acceptors (Lipinski definition) is 3. The van der Waals surface area contributed by atoms with E-state index in [2.05, 4.69) is 4.98 Å². The molecular formula is C12H7F3N2O2. The molecule has 1 aromatic carbocycles. The third-order valence-corrected chi connectivity index (χ3v) is 2.49. The minimum atomic E-state index is -4.61. The highest BCUT2D eigenvalue weighted by Crippen LogP contribution is 2.36. The lowest BCUT2D eigenvalue weighted by Gasteiger charge is -2.08. The zero-order valence-corrected chi connectivity index (χ0v) is 9.39. The van der Waals surface area contributed by atoms with Crippen molar-refractivity contribution in [1.82, 2.24) is 4.98 Å². The van der Waals surface area contributed by atoms with Gasteiger partial charge >= 0.3 is 6.18 Å². The molecule has 7 heteroatoms. The van der Waals surface area contributed by atoms with Crippen LogP contribution in [0.25, 0.3) is 11.1 Å². The molecule has 1 aromatic heterocycles. The van der Waals surface area contributed by atoms with Gasteiger partial charge in [0.05, 0.1) is 16.1 Å². The lowest BCUT2D eigenvalue weighted by atomic mass is 10.0. The van der Waals surface area contributed by atoms with E-state index < -0.39 is 22.4 Å². The smallest absolute Gasteiger partial charge is 0.264 e. The van der Waals surface area contributed by atoms with Gasteiger partial charge < -0.3 is 0 Å². The predicted molar refractivity (Wildman–Crippen MR) is 61.3 cm³/mol. The normalized spacial score (nSPS) is 11.3. The summed E-state index contributed by atoms with van der Waals surface area (Å²) in [6.45, 7) is 0. The van der Waals surface area contributed by atoms with E-state index in [4.69, 9.17) is 0 Å². The van der Waals surface area contributed by atoms with E-state index in [0.29, 0.717) is 11.6 Å². The molecule has 0 unspecified atom stereocenters. The molecule has 0 aliphatic rings. The fraction of sp³-hybridized carbons (Fsp3) is 0.0833. The van der Waals surface area contributed by atoms with Crippen LogP contribution in [0.4, 0.5) is 18.9 Å². The Morgan fingerprint density at radius 3 is 2.47 bits per heavy atom. The highest BCUT2D eigenvalue weighted by atomic mass is 19.4. The number of aromatic nitrogens is 1. The topological polar surface area (TPSA) is 56.0 Å². The van der Waals surface area contributed by atoms with Crippen molar-refractivity contribution in [2.75, 3.05) is 0 Å². The molecule has 0 aliphatic carbocycles. The molecule has 0 bridgehead atoms. The molecule has 0 atom stereocenters. The third kappa shape index (κ3) is 2.70. The minimum absolute atomic E-state index is 0.103. The van der Waals surface area contributed by atoms with Crippen LogP contribution in [-0.2, 0) is 6.18 Å². The molecule has 0 radical (unpaired) electrons. The summed E-state index contributed by atoms with van der Waals surface area (Å²) in [5.74, 6) is 0. The van der Waals surface area contributed by atoms with Crippen molar-refractivity contribution < 1.29 is 18.1 Å². The number of nitro benzene ring substituents is 1. The van der Waals surface area contributed by atoms with Crippen LogP contribution < -0.4 is 0 Å². The minimum Gasteiger partial charge on any atom is -0.264 e. The summed E-state index contributed by atoms with van der Waals surface area (Å²) < 4.78 is 37.6. The van der Waals surface area contributed by atoms with Crippen molar-refractivity contribution in [2.24, 2.45) is 0 Å². The second-order valence-corrected chi connectivity index (χ2v) is 3.73. The van der Waals surface area contributed by atoms with Crippen LogP contribution in [0.5, 0.6) is 0 Å². The Morgan fingerprint density at radius 1 is 1.21 bits per heavy atom. The van der Waals surface area contributed by atoms with Gasteiger partial charge in [0.15, 0.2) is 0 Å². The van der Waals surface area contributed by atoms with Gasteiger partial charge in [0.25, 0.3) is 5.69 Å². The Morgan fingerprint density at radius 2 is 1.95 bits per heavy atom. The second kappa shape index (κ2) is 4.68.